The van der Waals surface area contributed by atoms with Crippen LogP contribution in [0, 0.1) is 6.92 Å². The number of thiazole rings is 1. The minimum absolute atomic E-state index is 0.655. The summed E-state index contributed by atoms with van der Waals surface area (Å²) in [7, 11) is 1.60. The van der Waals surface area contributed by atoms with Gasteiger partial charge in [-0.05, 0) is 56.2 Å². The van der Waals surface area contributed by atoms with Gasteiger partial charge in [-0.2, -0.15) is 0 Å². The molecule has 0 fully saturated rings. The Morgan fingerprint density at radius 3 is 2.79 bits per heavy atom. The molecule has 28 heavy (non-hydrogen) atoms. The molecule has 3 rings (SSSR count). The second-order valence-electron chi connectivity index (χ2n) is 6.12. The average molecular weight is 417 g/mol. The maximum atomic E-state index is 5.29. The lowest BCUT2D eigenvalue weighted by Crippen LogP contribution is -2.24. The van der Waals surface area contributed by atoms with Gasteiger partial charge < -0.3 is 4.90 Å². The first kappa shape index (κ1) is 20.7. The van der Waals surface area contributed by atoms with Crippen molar-refractivity contribution in [3.63, 3.8) is 0 Å². The maximum Gasteiger partial charge on any atom is 0.231 e. The molecule has 0 spiro atoms. The lowest BCUT2D eigenvalue weighted by Gasteiger charge is -2.23. The largest absolute Gasteiger partial charge is 0.372 e. The highest BCUT2D eigenvalue weighted by atomic mass is 32.2. The molecule has 0 amide bonds. The number of benzene rings is 2. The summed E-state index contributed by atoms with van der Waals surface area (Å²) in [5, 5.41) is 9.42. The van der Waals surface area contributed by atoms with Crippen molar-refractivity contribution < 1.29 is 8.37 Å². The first-order chi connectivity index (χ1) is 13.7. The van der Waals surface area contributed by atoms with Crippen molar-refractivity contribution in [1.29, 1.82) is 0 Å². The third-order valence-corrected chi connectivity index (χ3v) is 5.54. The fraction of sp³-hybridized carbons (Fsp3) is 0.350. The summed E-state index contributed by atoms with van der Waals surface area (Å²) in [4.78, 5) is 6.82. The minimum atomic E-state index is 0.655. The lowest BCUT2D eigenvalue weighted by atomic mass is 10.1. The molecule has 0 N–H and O–H groups in total. The van der Waals surface area contributed by atoms with Crippen LogP contribution in [0.4, 0.5) is 16.5 Å². The summed E-state index contributed by atoms with van der Waals surface area (Å²) < 4.78 is 11.2. The summed E-state index contributed by atoms with van der Waals surface area (Å²) in [6.45, 7) is 6.72. The van der Waals surface area contributed by atoms with Gasteiger partial charge in [0, 0.05) is 18.8 Å². The predicted octanol–water partition coefficient (Wildman–Crippen LogP) is 6.46. The Bertz CT molecular complexity index is 896. The Morgan fingerprint density at radius 2 is 2.04 bits per heavy atom. The lowest BCUT2D eigenvalue weighted by molar-refractivity contribution is 0.316. The molecule has 3 aromatic rings. The fourth-order valence-corrected chi connectivity index (χ4v) is 3.88. The molecule has 0 aliphatic carbocycles. The molecule has 0 atom stereocenters. The molecule has 0 aliphatic heterocycles. The van der Waals surface area contributed by atoms with Gasteiger partial charge in [-0.3, -0.25) is 8.37 Å². The standard InChI is InChI=1S/C20H24N4O2S2/c1-4-24(12-7-13-26-28-25-3)16-10-11-17(15(2)14-16)22-23-20-21-18-8-5-6-9-19(18)27-20/h5-6,8-11,14H,4,7,12-13H2,1-3H3. The molecule has 148 valence electrons. The Hall–Kier alpha value is -2.00. The highest BCUT2D eigenvalue weighted by molar-refractivity contribution is 7.89. The SMILES string of the molecule is CCN(CCCOSOC)c1ccc(N=Nc2nc3ccccc3s2)c(C)c1. The van der Waals surface area contributed by atoms with Gasteiger partial charge in [0.1, 0.15) is 0 Å². The number of aromatic nitrogens is 1. The highest BCUT2D eigenvalue weighted by Crippen LogP contribution is 2.31. The fourth-order valence-electron chi connectivity index (χ4n) is 2.81. The van der Waals surface area contributed by atoms with Crippen LogP contribution in [0.3, 0.4) is 0 Å². The molecular weight excluding hydrogens is 392 g/mol. The predicted molar refractivity (Wildman–Crippen MR) is 118 cm³/mol. The van der Waals surface area contributed by atoms with Gasteiger partial charge in [0.05, 0.1) is 29.6 Å². The molecule has 2 aromatic carbocycles. The normalized spacial score (nSPS) is 11.5. The minimum Gasteiger partial charge on any atom is -0.372 e. The van der Waals surface area contributed by atoms with E-state index in [1.807, 2.05) is 30.3 Å². The summed E-state index contributed by atoms with van der Waals surface area (Å²) in [6.07, 6.45) is 0.933. The Morgan fingerprint density at radius 1 is 1.18 bits per heavy atom. The molecule has 1 heterocycles. The van der Waals surface area contributed by atoms with Gasteiger partial charge in [-0.1, -0.05) is 23.5 Å². The van der Waals surface area contributed by atoms with Gasteiger partial charge in [0.2, 0.25) is 5.13 Å². The van der Waals surface area contributed by atoms with Crippen LogP contribution in [-0.2, 0) is 8.37 Å². The molecule has 0 unspecified atom stereocenters. The number of azo groups is 1. The molecule has 0 bridgehead atoms. The summed E-state index contributed by atoms with van der Waals surface area (Å²) in [5.74, 6) is 0. The molecule has 0 saturated carbocycles. The van der Waals surface area contributed by atoms with E-state index in [2.05, 4.69) is 46.1 Å². The smallest absolute Gasteiger partial charge is 0.231 e. The van der Waals surface area contributed by atoms with Crippen LogP contribution in [0.1, 0.15) is 18.9 Å². The van der Waals surface area contributed by atoms with Gasteiger partial charge >= 0.3 is 0 Å². The Balaban J connectivity index is 1.65. The van der Waals surface area contributed by atoms with Crippen LogP contribution in [0.15, 0.2) is 52.7 Å². The van der Waals surface area contributed by atoms with E-state index in [0.717, 1.165) is 53.3 Å². The van der Waals surface area contributed by atoms with Crippen molar-refractivity contribution in [1.82, 2.24) is 4.98 Å². The number of para-hydroxylation sites is 1. The number of aryl methyl sites for hydroxylation is 1. The van der Waals surface area contributed by atoms with E-state index in [9.17, 15) is 0 Å². The zero-order valence-electron chi connectivity index (χ0n) is 16.3. The van der Waals surface area contributed by atoms with E-state index in [-0.39, 0.29) is 0 Å². The Labute approximate surface area is 174 Å². The molecule has 6 nitrogen and oxygen atoms in total. The number of hydrogen-bond donors (Lipinski definition) is 0. The topological polar surface area (TPSA) is 59.3 Å². The average Bonchev–Trinajstić information content (AvgIpc) is 3.13. The van der Waals surface area contributed by atoms with Crippen LogP contribution in [0.2, 0.25) is 0 Å². The van der Waals surface area contributed by atoms with Gasteiger partial charge in [0.25, 0.3) is 0 Å². The van der Waals surface area contributed by atoms with Crippen molar-refractivity contribution >= 4 is 50.4 Å². The second-order valence-corrected chi connectivity index (χ2v) is 7.84. The maximum absolute atomic E-state index is 5.29. The molecule has 0 saturated heterocycles. The highest BCUT2D eigenvalue weighted by Gasteiger charge is 2.07. The van der Waals surface area contributed by atoms with E-state index >= 15 is 0 Å². The molecular formula is C20H24N4O2S2. The zero-order valence-corrected chi connectivity index (χ0v) is 17.9. The quantitative estimate of drug-likeness (QED) is 0.215. The van der Waals surface area contributed by atoms with E-state index in [1.54, 1.807) is 18.4 Å². The number of rotatable bonds is 10. The van der Waals surface area contributed by atoms with E-state index < -0.39 is 0 Å². The van der Waals surface area contributed by atoms with E-state index in [0.29, 0.717) is 11.7 Å². The number of hydrogen-bond acceptors (Lipinski definition) is 8. The van der Waals surface area contributed by atoms with Crippen LogP contribution >= 0.6 is 23.7 Å². The second kappa shape index (κ2) is 10.5. The third kappa shape index (κ3) is 5.51. The third-order valence-electron chi connectivity index (χ3n) is 4.22. The molecule has 1 aromatic heterocycles. The number of fused-ring (bicyclic) bond motifs is 1. The van der Waals surface area contributed by atoms with Crippen LogP contribution in [0.5, 0.6) is 0 Å². The zero-order chi connectivity index (χ0) is 19.8. The van der Waals surface area contributed by atoms with Gasteiger partial charge in [-0.25, -0.2) is 4.98 Å². The summed E-state index contributed by atoms with van der Waals surface area (Å²) in [5.41, 5.74) is 4.09. The van der Waals surface area contributed by atoms with Gasteiger partial charge in [0.15, 0.2) is 12.3 Å². The molecule has 8 heteroatoms. The van der Waals surface area contributed by atoms with Crippen molar-refractivity contribution in [3.8, 4) is 0 Å². The number of anilines is 1. The molecule has 0 aliphatic rings. The molecule has 0 radical (unpaired) electrons. The van der Waals surface area contributed by atoms with E-state index in [4.69, 9.17) is 8.37 Å². The van der Waals surface area contributed by atoms with Crippen LogP contribution < -0.4 is 4.90 Å². The number of nitrogens with zero attached hydrogens (tertiary/aromatic N) is 4. The van der Waals surface area contributed by atoms with E-state index in [1.165, 1.54) is 5.69 Å². The Kier molecular flexibility index (Phi) is 7.79. The van der Waals surface area contributed by atoms with Crippen LogP contribution in [0.25, 0.3) is 10.2 Å². The summed E-state index contributed by atoms with van der Waals surface area (Å²) in [6, 6.07) is 14.3. The first-order valence-electron chi connectivity index (χ1n) is 9.16. The van der Waals surface area contributed by atoms with Gasteiger partial charge in [-0.15, -0.1) is 10.2 Å². The first-order valence-corrected chi connectivity index (χ1v) is 10.6. The van der Waals surface area contributed by atoms with Crippen molar-refractivity contribution in [2.24, 2.45) is 10.2 Å². The van der Waals surface area contributed by atoms with Crippen molar-refractivity contribution in [2.45, 2.75) is 20.3 Å². The van der Waals surface area contributed by atoms with Crippen LogP contribution in [-0.4, -0.2) is 31.8 Å². The monoisotopic (exact) mass is 416 g/mol. The van der Waals surface area contributed by atoms with Crippen molar-refractivity contribution in [3.05, 3.63) is 48.0 Å². The summed E-state index contributed by atoms with van der Waals surface area (Å²) >= 11 is 2.57. The van der Waals surface area contributed by atoms with Crippen molar-refractivity contribution in [2.75, 3.05) is 31.7 Å².